The Morgan fingerprint density at radius 1 is 1.25 bits per heavy atom. The number of ether oxygens (including phenoxy) is 1. The lowest BCUT2D eigenvalue weighted by atomic mass is 9.85. The molecule has 4 rings (SSSR count). The van der Waals surface area contributed by atoms with Crippen molar-refractivity contribution < 1.29 is 4.74 Å². The number of nitrogens with zero attached hydrogens (tertiary/aromatic N) is 1. The number of pyridine rings is 1. The van der Waals surface area contributed by atoms with Crippen molar-refractivity contribution in [3.63, 3.8) is 0 Å². The van der Waals surface area contributed by atoms with E-state index in [1.54, 1.807) is 0 Å². The summed E-state index contributed by atoms with van der Waals surface area (Å²) in [5, 5.41) is 1.16. The van der Waals surface area contributed by atoms with E-state index in [1.165, 1.54) is 16.7 Å². The highest BCUT2D eigenvalue weighted by Crippen LogP contribution is 2.41. The van der Waals surface area contributed by atoms with Crippen LogP contribution in [0.5, 0.6) is 5.75 Å². The van der Waals surface area contributed by atoms with Gasteiger partial charge in [0.2, 0.25) is 0 Å². The lowest BCUT2D eigenvalue weighted by Crippen LogP contribution is -2.18. The Balaban J connectivity index is 1.92. The molecule has 0 spiro atoms. The molecule has 3 heteroatoms. The second-order valence-electron chi connectivity index (χ2n) is 5.99. The Hall–Kier alpha value is -2.29. The molecule has 0 saturated carbocycles. The Bertz CT molecular complexity index is 802. The van der Waals surface area contributed by atoms with Crippen LogP contribution in [0.1, 0.15) is 19.4 Å². The molecule has 100 valence electrons. The maximum atomic E-state index is 5.75. The van der Waals surface area contributed by atoms with Crippen molar-refractivity contribution in [3.05, 3.63) is 48.3 Å². The smallest absolute Gasteiger partial charge is 0.137 e. The van der Waals surface area contributed by atoms with E-state index in [-0.39, 0.29) is 5.41 Å². The van der Waals surface area contributed by atoms with Gasteiger partial charge in [0.05, 0.1) is 6.61 Å². The van der Waals surface area contributed by atoms with Crippen LogP contribution < -0.4 is 4.74 Å². The van der Waals surface area contributed by atoms with Crippen molar-refractivity contribution in [3.8, 4) is 16.9 Å². The number of H-pyrrole nitrogens is 1. The summed E-state index contributed by atoms with van der Waals surface area (Å²) >= 11 is 0. The van der Waals surface area contributed by atoms with Gasteiger partial charge in [-0.1, -0.05) is 19.9 Å². The molecule has 0 amide bonds. The zero-order valence-corrected chi connectivity index (χ0v) is 11.6. The molecule has 0 unspecified atom stereocenters. The molecular formula is C17H16N2O. The van der Waals surface area contributed by atoms with Gasteiger partial charge in [-0.2, -0.15) is 0 Å². The zero-order chi connectivity index (χ0) is 13.7. The average molecular weight is 264 g/mol. The molecule has 1 aliphatic heterocycles. The summed E-state index contributed by atoms with van der Waals surface area (Å²) < 4.78 is 5.75. The summed E-state index contributed by atoms with van der Waals surface area (Å²) in [4.78, 5) is 7.58. The van der Waals surface area contributed by atoms with Crippen LogP contribution in [0.25, 0.3) is 22.2 Å². The maximum Gasteiger partial charge on any atom is 0.137 e. The van der Waals surface area contributed by atoms with Crippen LogP contribution in [-0.4, -0.2) is 16.6 Å². The first-order valence-corrected chi connectivity index (χ1v) is 6.85. The SMILES string of the molecule is CC1(C)COc2ccc(-c3c[nH]c4ncccc34)cc21. The van der Waals surface area contributed by atoms with Crippen molar-refractivity contribution in [2.24, 2.45) is 0 Å². The van der Waals surface area contributed by atoms with Crippen LogP contribution >= 0.6 is 0 Å². The van der Waals surface area contributed by atoms with Gasteiger partial charge >= 0.3 is 0 Å². The fourth-order valence-electron chi connectivity index (χ4n) is 2.88. The highest BCUT2D eigenvalue weighted by atomic mass is 16.5. The number of benzene rings is 1. The van der Waals surface area contributed by atoms with E-state index in [2.05, 4.69) is 48.1 Å². The molecule has 0 saturated heterocycles. The quantitative estimate of drug-likeness (QED) is 0.724. The van der Waals surface area contributed by atoms with E-state index in [0.29, 0.717) is 0 Å². The van der Waals surface area contributed by atoms with Gasteiger partial charge in [-0.05, 0) is 29.8 Å². The first-order chi connectivity index (χ1) is 9.65. The minimum atomic E-state index is 0.0791. The number of aromatic nitrogens is 2. The molecule has 3 nitrogen and oxygen atoms in total. The van der Waals surface area contributed by atoms with Crippen LogP contribution in [0.2, 0.25) is 0 Å². The minimum Gasteiger partial charge on any atom is -0.492 e. The van der Waals surface area contributed by atoms with Gasteiger partial charge in [0.15, 0.2) is 0 Å². The van der Waals surface area contributed by atoms with Gasteiger partial charge in [0.1, 0.15) is 11.4 Å². The molecule has 1 aliphatic rings. The third-order valence-electron chi connectivity index (χ3n) is 4.06. The predicted octanol–water partition coefficient (Wildman–Crippen LogP) is 3.90. The third kappa shape index (κ3) is 1.56. The molecule has 0 bridgehead atoms. The summed E-state index contributed by atoms with van der Waals surface area (Å²) in [7, 11) is 0. The molecular weight excluding hydrogens is 248 g/mol. The van der Waals surface area contributed by atoms with Crippen LogP contribution in [0.4, 0.5) is 0 Å². The normalized spacial score (nSPS) is 16.1. The average Bonchev–Trinajstić information content (AvgIpc) is 3.00. The summed E-state index contributed by atoms with van der Waals surface area (Å²) in [5.41, 5.74) is 4.70. The fraction of sp³-hybridized carbons (Fsp3) is 0.235. The summed E-state index contributed by atoms with van der Waals surface area (Å²) in [5.74, 6) is 1.01. The molecule has 0 radical (unpaired) electrons. The molecule has 20 heavy (non-hydrogen) atoms. The van der Waals surface area contributed by atoms with E-state index in [1.807, 2.05) is 18.5 Å². The van der Waals surface area contributed by atoms with Crippen molar-refractivity contribution in [2.75, 3.05) is 6.61 Å². The third-order valence-corrected chi connectivity index (χ3v) is 4.06. The second-order valence-corrected chi connectivity index (χ2v) is 5.99. The Morgan fingerprint density at radius 3 is 3.05 bits per heavy atom. The van der Waals surface area contributed by atoms with E-state index in [9.17, 15) is 0 Å². The van der Waals surface area contributed by atoms with Gasteiger partial charge in [-0.25, -0.2) is 4.98 Å². The molecule has 0 atom stereocenters. The number of hydrogen-bond donors (Lipinski definition) is 1. The number of aromatic amines is 1. The van der Waals surface area contributed by atoms with Crippen LogP contribution in [-0.2, 0) is 5.41 Å². The summed E-state index contributed by atoms with van der Waals surface area (Å²) in [6, 6.07) is 10.5. The van der Waals surface area contributed by atoms with E-state index in [0.717, 1.165) is 23.4 Å². The van der Waals surface area contributed by atoms with Gasteiger partial charge in [-0.3, -0.25) is 0 Å². The second kappa shape index (κ2) is 3.85. The molecule has 0 fully saturated rings. The summed E-state index contributed by atoms with van der Waals surface area (Å²) in [6.07, 6.45) is 3.84. The standard InChI is InChI=1S/C17H16N2O/c1-17(2)10-20-15-6-5-11(8-14(15)17)13-9-19-16-12(13)4-3-7-18-16/h3-9H,10H2,1-2H3,(H,18,19). The zero-order valence-electron chi connectivity index (χ0n) is 11.6. The maximum absolute atomic E-state index is 5.75. The molecule has 3 heterocycles. The lowest BCUT2D eigenvalue weighted by molar-refractivity contribution is 0.291. The molecule has 0 aliphatic carbocycles. The van der Waals surface area contributed by atoms with E-state index >= 15 is 0 Å². The molecule has 1 aromatic carbocycles. The topological polar surface area (TPSA) is 37.9 Å². The lowest BCUT2D eigenvalue weighted by Gasteiger charge is -2.15. The van der Waals surface area contributed by atoms with Gasteiger partial charge in [-0.15, -0.1) is 0 Å². The van der Waals surface area contributed by atoms with Gasteiger partial charge < -0.3 is 9.72 Å². The highest BCUT2D eigenvalue weighted by Gasteiger charge is 2.31. The molecule has 3 aromatic rings. The van der Waals surface area contributed by atoms with Crippen LogP contribution in [0.3, 0.4) is 0 Å². The van der Waals surface area contributed by atoms with Crippen molar-refractivity contribution in [1.29, 1.82) is 0 Å². The van der Waals surface area contributed by atoms with Crippen LogP contribution in [0, 0.1) is 0 Å². The van der Waals surface area contributed by atoms with Gasteiger partial charge in [0, 0.05) is 34.3 Å². The minimum absolute atomic E-state index is 0.0791. The summed E-state index contributed by atoms with van der Waals surface area (Å²) in [6.45, 7) is 5.19. The number of fused-ring (bicyclic) bond motifs is 2. The first-order valence-electron chi connectivity index (χ1n) is 6.85. The van der Waals surface area contributed by atoms with Crippen molar-refractivity contribution in [2.45, 2.75) is 19.3 Å². The fourth-order valence-corrected chi connectivity index (χ4v) is 2.88. The highest BCUT2D eigenvalue weighted by molar-refractivity contribution is 5.93. The van der Waals surface area contributed by atoms with Gasteiger partial charge in [0.25, 0.3) is 0 Å². The Labute approximate surface area is 117 Å². The predicted molar refractivity (Wildman–Crippen MR) is 80.1 cm³/mol. The van der Waals surface area contributed by atoms with E-state index < -0.39 is 0 Å². The monoisotopic (exact) mass is 264 g/mol. The van der Waals surface area contributed by atoms with Crippen LogP contribution in [0.15, 0.2) is 42.7 Å². The Morgan fingerprint density at radius 2 is 2.15 bits per heavy atom. The number of nitrogens with one attached hydrogen (secondary N) is 1. The number of rotatable bonds is 1. The first kappa shape index (κ1) is 11.5. The van der Waals surface area contributed by atoms with E-state index in [4.69, 9.17) is 4.74 Å². The number of hydrogen-bond acceptors (Lipinski definition) is 2. The largest absolute Gasteiger partial charge is 0.492 e. The Kier molecular flexibility index (Phi) is 2.22. The van der Waals surface area contributed by atoms with Crippen molar-refractivity contribution in [1.82, 2.24) is 9.97 Å². The van der Waals surface area contributed by atoms with Crippen molar-refractivity contribution >= 4 is 11.0 Å². The molecule has 2 aromatic heterocycles. The molecule has 1 N–H and O–H groups in total.